The lowest BCUT2D eigenvalue weighted by Crippen LogP contribution is -2.45. The minimum Gasteiger partial charge on any atom is -0.481 e. The Bertz CT molecular complexity index is 840. The Balaban J connectivity index is 0.000000262. The molecule has 9 heteroatoms. The smallest absolute Gasteiger partial charge is 0.303 e. The van der Waals surface area contributed by atoms with E-state index in [1.54, 1.807) is 0 Å². The van der Waals surface area contributed by atoms with Crippen LogP contribution in [0.3, 0.4) is 0 Å². The Hall–Kier alpha value is 0.720. The summed E-state index contributed by atoms with van der Waals surface area (Å²) in [5.74, 6) is -1.13. The van der Waals surface area contributed by atoms with Crippen molar-refractivity contribution in [3.05, 3.63) is 34.4 Å². The fraction of sp³-hybridized carbons (Fsp3) is 0.750. The van der Waals surface area contributed by atoms with E-state index >= 15 is 0 Å². The summed E-state index contributed by atoms with van der Waals surface area (Å²) >= 11 is 44.5. The normalized spacial score (nSPS) is 31.2. The van der Waals surface area contributed by atoms with Crippen LogP contribution in [0.4, 0.5) is 0 Å². The van der Waals surface area contributed by atoms with Crippen molar-refractivity contribution >= 4 is 87.2 Å². The zero-order valence-corrected chi connectivity index (χ0v) is 26.7. The molecule has 0 aromatic heterocycles. The van der Waals surface area contributed by atoms with E-state index in [0.717, 1.165) is 12.8 Å². The Morgan fingerprint density at radius 1 is 0.811 bits per heavy atom. The van der Waals surface area contributed by atoms with Gasteiger partial charge in [0.15, 0.2) is 4.33 Å². The third kappa shape index (κ3) is 7.52. The summed E-state index contributed by atoms with van der Waals surface area (Å²) in [6, 6.07) is 0. The highest BCUT2D eigenvalue weighted by Gasteiger charge is 2.83. The molecule has 2 nitrogen and oxygen atoms in total. The summed E-state index contributed by atoms with van der Waals surface area (Å²) in [5.41, 5.74) is 0. The highest BCUT2D eigenvalue weighted by atomic mass is 35.5. The van der Waals surface area contributed by atoms with Crippen molar-refractivity contribution in [3.8, 4) is 0 Å². The Morgan fingerprint density at radius 2 is 1.30 bits per heavy atom. The maximum absolute atomic E-state index is 10.3. The molecule has 3 aliphatic carbocycles. The lowest BCUT2D eigenvalue weighted by atomic mass is 9.84. The number of unbranched alkanes of at least 4 members (excludes halogenated alkanes) is 11. The molecule has 0 spiro atoms. The molecule has 1 saturated carbocycles. The van der Waals surface area contributed by atoms with Crippen LogP contribution in [0.25, 0.3) is 0 Å². The van der Waals surface area contributed by atoms with Crippen LogP contribution in [0.5, 0.6) is 0 Å². The van der Waals surface area contributed by atoms with Crippen LogP contribution in [0, 0.1) is 11.8 Å². The van der Waals surface area contributed by atoms with E-state index in [1.807, 2.05) is 12.2 Å². The van der Waals surface area contributed by atoms with Gasteiger partial charge in [0.2, 0.25) is 0 Å². The molecule has 5 atom stereocenters. The number of carbonyl (C=O) groups is 1. The van der Waals surface area contributed by atoms with E-state index in [4.69, 9.17) is 86.3 Å². The van der Waals surface area contributed by atoms with E-state index in [0.29, 0.717) is 6.42 Å². The molecule has 0 aliphatic heterocycles. The van der Waals surface area contributed by atoms with Crippen LogP contribution in [0.1, 0.15) is 96.8 Å². The number of rotatable bonds is 15. The molecule has 37 heavy (non-hydrogen) atoms. The summed E-state index contributed by atoms with van der Waals surface area (Å²) < 4.78 is -1.48. The lowest BCUT2D eigenvalue weighted by molar-refractivity contribution is -0.137. The highest BCUT2D eigenvalue weighted by Crippen LogP contribution is 2.78. The van der Waals surface area contributed by atoms with Crippen molar-refractivity contribution < 1.29 is 9.90 Å². The number of alkyl halides is 5. The van der Waals surface area contributed by atoms with Gasteiger partial charge in [-0.25, -0.2) is 0 Å². The molecule has 1 N–H and O–H groups in total. The second kappa shape index (κ2) is 15.6. The second-order valence-corrected chi connectivity index (χ2v) is 14.0. The molecular formula is C28H39Cl7O2. The lowest BCUT2D eigenvalue weighted by Gasteiger charge is -2.34. The fourth-order valence-electron chi connectivity index (χ4n) is 5.43. The number of hydrogen-bond donors (Lipinski definition) is 1. The number of carboxylic acids is 1. The monoisotopic (exact) mass is 652 g/mol. The zero-order chi connectivity index (χ0) is 27.7. The van der Waals surface area contributed by atoms with Gasteiger partial charge in [0.1, 0.15) is 9.75 Å². The Kier molecular flexibility index (Phi) is 14.3. The molecule has 3 rings (SSSR count). The second-order valence-electron chi connectivity index (χ2n) is 10.2. The number of carboxylic acid groups (broad SMARTS) is 1. The summed E-state index contributed by atoms with van der Waals surface area (Å²) in [7, 11) is 0. The van der Waals surface area contributed by atoms with Crippen molar-refractivity contribution in [2.24, 2.45) is 11.8 Å². The van der Waals surface area contributed by atoms with Gasteiger partial charge in [-0.3, -0.25) is 4.79 Å². The zero-order valence-electron chi connectivity index (χ0n) is 21.4. The maximum atomic E-state index is 10.3. The van der Waals surface area contributed by atoms with Crippen LogP contribution in [0.15, 0.2) is 34.4 Å². The Labute approximate surface area is 258 Å². The van der Waals surface area contributed by atoms with Gasteiger partial charge < -0.3 is 5.11 Å². The molecular weight excluding hydrogens is 616 g/mol. The SMILES string of the molecule is CCCCCCCC/C=C\CCCCCCCC(=O)O.ClC1=C(Cl)C2(Cl)C3C(Cl)C=CC3C1(Cl)C2(Cl)Cl. The molecule has 2 bridgehead atoms. The summed E-state index contributed by atoms with van der Waals surface area (Å²) in [6.07, 6.45) is 24.9. The summed E-state index contributed by atoms with van der Waals surface area (Å²) in [6.45, 7) is 2.26. The van der Waals surface area contributed by atoms with Gasteiger partial charge in [-0.1, -0.05) is 129 Å². The topological polar surface area (TPSA) is 37.3 Å². The van der Waals surface area contributed by atoms with Gasteiger partial charge in [-0.15, -0.1) is 34.8 Å². The van der Waals surface area contributed by atoms with Gasteiger partial charge in [0.05, 0.1) is 15.4 Å². The molecule has 3 aliphatic rings. The van der Waals surface area contributed by atoms with E-state index in [-0.39, 0.29) is 27.3 Å². The summed E-state index contributed by atoms with van der Waals surface area (Å²) in [4.78, 5) is 7.88. The molecule has 0 heterocycles. The van der Waals surface area contributed by atoms with Gasteiger partial charge in [-0.05, 0) is 32.1 Å². The molecule has 0 aromatic carbocycles. The van der Waals surface area contributed by atoms with Gasteiger partial charge >= 0.3 is 5.97 Å². The predicted octanol–water partition coefficient (Wildman–Crippen LogP) is 11.3. The van der Waals surface area contributed by atoms with Crippen molar-refractivity contribution in [1.82, 2.24) is 0 Å². The van der Waals surface area contributed by atoms with E-state index in [1.165, 1.54) is 70.6 Å². The van der Waals surface area contributed by atoms with Crippen molar-refractivity contribution in [3.63, 3.8) is 0 Å². The summed E-state index contributed by atoms with van der Waals surface area (Å²) in [5, 5.41) is 8.62. The third-order valence-electron chi connectivity index (χ3n) is 7.55. The number of fused-ring (bicyclic) bond motifs is 5. The van der Waals surface area contributed by atoms with Gasteiger partial charge in [0, 0.05) is 18.3 Å². The van der Waals surface area contributed by atoms with Crippen LogP contribution in [-0.2, 0) is 4.79 Å². The van der Waals surface area contributed by atoms with Crippen LogP contribution in [0.2, 0.25) is 0 Å². The standard InChI is InChI=1S/C18H34O2.C10H5Cl7/c1-2-3-4-5-6-7-8-9-10-11-12-13-14-15-16-17-18(19)20;11-4-2-1-3-5(4)9(15)7(13)6(12)8(3,14)10(9,16)17/h9-10H,2-8,11-17H2,1H3,(H,19,20);1-5H/b10-9-;. The molecule has 0 radical (unpaired) electrons. The average Bonchev–Trinajstić information content (AvgIpc) is 3.34. The molecule has 0 aromatic rings. The first-order valence-electron chi connectivity index (χ1n) is 13.5. The van der Waals surface area contributed by atoms with Crippen LogP contribution >= 0.6 is 81.2 Å². The van der Waals surface area contributed by atoms with Crippen LogP contribution in [-0.4, -0.2) is 30.5 Å². The molecule has 0 saturated heterocycles. The quantitative estimate of drug-likeness (QED) is 0.108. The van der Waals surface area contributed by atoms with Crippen molar-refractivity contribution in [1.29, 1.82) is 0 Å². The minimum absolute atomic E-state index is 0.205. The van der Waals surface area contributed by atoms with Gasteiger partial charge in [-0.2, -0.15) is 0 Å². The first kappa shape index (κ1) is 33.9. The first-order valence-corrected chi connectivity index (χ1v) is 16.2. The maximum Gasteiger partial charge on any atom is 0.303 e. The predicted molar refractivity (Wildman–Crippen MR) is 163 cm³/mol. The molecule has 1 fully saturated rings. The first-order chi connectivity index (χ1) is 17.5. The fourth-order valence-corrected chi connectivity index (χ4v) is 8.94. The highest BCUT2D eigenvalue weighted by molar-refractivity contribution is 6.66. The molecule has 212 valence electrons. The van der Waals surface area contributed by atoms with Crippen molar-refractivity contribution in [2.45, 2.75) is 116 Å². The van der Waals surface area contributed by atoms with Crippen LogP contribution < -0.4 is 0 Å². The molecule has 5 unspecified atom stereocenters. The third-order valence-corrected chi connectivity index (χ3v) is 12.3. The van der Waals surface area contributed by atoms with E-state index in [2.05, 4.69) is 19.1 Å². The largest absolute Gasteiger partial charge is 0.481 e. The number of allylic oxidation sites excluding steroid dienone is 6. The minimum atomic E-state index is -1.48. The average molecular weight is 656 g/mol. The molecule has 0 amide bonds. The number of halogens is 7. The number of hydrogen-bond acceptors (Lipinski definition) is 1. The van der Waals surface area contributed by atoms with Crippen molar-refractivity contribution in [2.75, 3.05) is 0 Å². The Morgan fingerprint density at radius 3 is 1.84 bits per heavy atom. The van der Waals surface area contributed by atoms with E-state index in [9.17, 15) is 4.79 Å². The van der Waals surface area contributed by atoms with Gasteiger partial charge in [0.25, 0.3) is 0 Å². The number of aliphatic carboxylic acids is 1. The van der Waals surface area contributed by atoms with E-state index < -0.39 is 20.1 Å².